The van der Waals surface area contributed by atoms with E-state index in [2.05, 4.69) is 0 Å². The van der Waals surface area contributed by atoms with Gasteiger partial charge in [-0.15, -0.1) is 0 Å². The molecule has 1 aromatic rings. The number of hydrogen-bond acceptors (Lipinski definition) is 1. The first kappa shape index (κ1) is 10.7. The van der Waals surface area contributed by atoms with E-state index in [1.165, 1.54) is 0 Å². The summed E-state index contributed by atoms with van der Waals surface area (Å²) < 4.78 is 60.4. The second-order valence-corrected chi connectivity index (χ2v) is 2.46. The van der Waals surface area contributed by atoms with Gasteiger partial charge in [0.05, 0.1) is 5.56 Å². The molecule has 0 aliphatic carbocycles. The van der Waals surface area contributed by atoms with Crippen LogP contribution in [0.4, 0.5) is 22.0 Å². The maximum atomic E-state index is 12.1. The predicted octanol–water partition coefficient (Wildman–Crippen LogP) is 2.33. The lowest BCUT2D eigenvalue weighted by Gasteiger charge is -2.10. The lowest BCUT2D eigenvalue weighted by Crippen LogP contribution is -2.16. The SMILES string of the molecule is O=c1cc(C(F)(F)F)c(C(F)F)c[nH]1. The van der Waals surface area contributed by atoms with Crippen molar-refractivity contribution in [3.05, 3.63) is 33.7 Å². The number of halogens is 5. The first-order chi connectivity index (χ1) is 6.32. The van der Waals surface area contributed by atoms with Gasteiger partial charge in [0, 0.05) is 17.8 Å². The van der Waals surface area contributed by atoms with Gasteiger partial charge in [0.1, 0.15) is 0 Å². The van der Waals surface area contributed by atoms with Crippen molar-refractivity contribution in [1.82, 2.24) is 4.98 Å². The van der Waals surface area contributed by atoms with E-state index < -0.39 is 29.3 Å². The average Bonchev–Trinajstić information content (AvgIpc) is 2.01. The summed E-state index contributed by atoms with van der Waals surface area (Å²) in [5.41, 5.74) is -3.89. The maximum Gasteiger partial charge on any atom is 0.417 e. The number of alkyl halides is 5. The van der Waals surface area contributed by atoms with Gasteiger partial charge in [0.15, 0.2) is 0 Å². The number of aromatic amines is 1. The van der Waals surface area contributed by atoms with Crippen LogP contribution in [0.25, 0.3) is 0 Å². The zero-order chi connectivity index (χ0) is 10.9. The van der Waals surface area contributed by atoms with Gasteiger partial charge in [-0.3, -0.25) is 4.79 Å². The van der Waals surface area contributed by atoms with Crippen molar-refractivity contribution in [2.75, 3.05) is 0 Å². The lowest BCUT2D eigenvalue weighted by atomic mass is 10.1. The Bertz CT molecular complexity index is 380. The van der Waals surface area contributed by atoms with E-state index in [4.69, 9.17) is 0 Å². The minimum Gasteiger partial charge on any atom is -0.329 e. The molecule has 7 heteroatoms. The molecule has 78 valence electrons. The van der Waals surface area contributed by atoms with Gasteiger partial charge in [-0.25, -0.2) is 8.78 Å². The molecule has 0 atom stereocenters. The summed E-state index contributed by atoms with van der Waals surface area (Å²) in [5, 5.41) is 0. The number of hydrogen-bond donors (Lipinski definition) is 1. The Morgan fingerprint density at radius 1 is 1.29 bits per heavy atom. The molecule has 1 rings (SSSR count). The number of nitrogens with one attached hydrogen (secondary N) is 1. The normalized spacial score (nSPS) is 12.1. The molecular weight excluding hydrogens is 209 g/mol. The van der Waals surface area contributed by atoms with Crippen molar-refractivity contribution in [1.29, 1.82) is 0 Å². The summed E-state index contributed by atoms with van der Waals surface area (Å²) in [6.07, 6.45) is -7.85. The van der Waals surface area contributed by atoms with Crippen LogP contribution >= 0.6 is 0 Å². The molecule has 0 spiro atoms. The van der Waals surface area contributed by atoms with Gasteiger partial charge in [0.25, 0.3) is 6.43 Å². The van der Waals surface area contributed by atoms with E-state index in [0.717, 1.165) is 0 Å². The van der Waals surface area contributed by atoms with Gasteiger partial charge in [-0.2, -0.15) is 13.2 Å². The fourth-order valence-corrected chi connectivity index (χ4v) is 0.909. The Morgan fingerprint density at radius 2 is 1.86 bits per heavy atom. The minimum absolute atomic E-state index is 0.113. The van der Waals surface area contributed by atoms with Crippen LogP contribution in [0.5, 0.6) is 0 Å². The third-order valence-electron chi connectivity index (χ3n) is 1.50. The van der Waals surface area contributed by atoms with Crippen molar-refractivity contribution in [2.45, 2.75) is 12.6 Å². The largest absolute Gasteiger partial charge is 0.417 e. The number of H-pyrrole nitrogens is 1. The molecule has 1 N–H and O–H groups in total. The number of aromatic nitrogens is 1. The smallest absolute Gasteiger partial charge is 0.329 e. The standard InChI is InChI=1S/C7H4F5NO/c8-6(9)3-2-13-5(14)1-4(3)7(10,11)12/h1-2,6H,(H,13,14). The molecule has 0 aliphatic heterocycles. The molecular formula is C7H4F5NO. The van der Waals surface area contributed by atoms with Crippen molar-refractivity contribution in [2.24, 2.45) is 0 Å². The molecule has 0 fully saturated rings. The molecule has 0 amide bonds. The summed E-state index contributed by atoms with van der Waals surface area (Å²) in [5.74, 6) is 0. The summed E-state index contributed by atoms with van der Waals surface area (Å²) >= 11 is 0. The Balaban J connectivity index is 3.38. The quantitative estimate of drug-likeness (QED) is 0.713. The summed E-state index contributed by atoms with van der Waals surface area (Å²) in [6.45, 7) is 0. The summed E-state index contributed by atoms with van der Waals surface area (Å²) in [4.78, 5) is 12.3. The van der Waals surface area contributed by atoms with Crippen molar-refractivity contribution in [3.63, 3.8) is 0 Å². The zero-order valence-corrected chi connectivity index (χ0v) is 6.53. The van der Waals surface area contributed by atoms with Crippen LogP contribution in [-0.2, 0) is 6.18 Å². The van der Waals surface area contributed by atoms with Crippen LogP contribution in [0, 0.1) is 0 Å². The minimum atomic E-state index is -4.94. The van der Waals surface area contributed by atoms with Gasteiger partial charge < -0.3 is 4.98 Å². The van der Waals surface area contributed by atoms with Gasteiger partial charge >= 0.3 is 6.18 Å². The number of rotatable bonds is 1. The summed E-state index contributed by atoms with van der Waals surface area (Å²) in [6, 6.07) is 0.113. The molecule has 0 radical (unpaired) electrons. The van der Waals surface area contributed by atoms with E-state index in [9.17, 15) is 26.7 Å². The van der Waals surface area contributed by atoms with Crippen molar-refractivity contribution >= 4 is 0 Å². The van der Waals surface area contributed by atoms with E-state index >= 15 is 0 Å². The van der Waals surface area contributed by atoms with Gasteiger partial charge in [-0.05, 0) is 0 Å². The van der Waals surface area contributed by atoms with Crippen LogP contribution in [0.1, 0.15) is 17.6 Å². The first-order valence-electron chi connectivity index (χ1n) is 3.40. The maximum absolute atomic E-state index is 12.1. The molecule has 0 saturated carbocycles. The highest BCUT2D eigenvalue weighted by molar-refractivity contribution is 5.27. The van der Waals surface area contributed by atoms with Crippen molar-refractivity contribution < 1.29 is 22.0 Å². The Morgan fingerprint density at radius 3 is 2.29 bits per heavy atom. The highest BCUT2D eigenvalue weighted by atomic mass is 19.4. The fraction of sp³-hybridized carbons (Fsp3) is 0.286. The molecule has 1 heterocycles. The highest BCUT2D eigenvalue weighted by Gasteiger charge is 2.36. The highest BCUT2D eigenvalue weighted by Crippen LogP contribution is 2.34. The monoisotopic (exact) mass is 213 g/mol. The molecule has 14 heavy (non-hydrogen) atoms. The first-order valence-corrected chi connectivity index (χ1v) is 3.40. The van der Waals surface area contributed by atoms with Crippen LogP contribution in [0.2, 0.25) is 0 Å². The van der Waals surface area contributed by atoms with E-state index in [1.54, 1.807) is 4.98 Å². The van der Waals surface area contributed by atoms with Crippen LogP contribution in [0.3, 0.4) is 0 Å². The Hall–Kier alpha value is -1.40. The molecule has 0 aromatic carbocycles. The van der Waals surface area contributed by atoms with Crippen LogP contribution < -0.4 is 5.56 Å². The van der Waals surface area contributed by atoms with E-state index in [-0.39, 0.29) is 6.07 Å². The molecule has 0 unspecified atom stereocenters. The third kappa shape index (κ3) is 2.09. The second-order valence-electron chi connectivity index (χ2n) is 2.46. The molecule has 0 aliphatic rings. The van der Waals surface area contributed by atoms with Crippen LogP contribution in [-0.4, -0.2) is 4.98 Å². The van der Waals surface area contributed by atoms with E-state index in [1.807, 2.05) is 0 Å². The van der Waals surface area contributed by atoms with E-state index in [0.29, 0.717) is 6.20 Å². The summed E-state index contributed by atoms with van der Waals surface area (Å²) in [7, 11) is 0. The molecule has 0 bridgehead atoms. The Kier molecular flexibility index (Phi) is 2.59. The molecule has 2 nitrogen and oxygen atoms in total. The predicted molar refractivity (Wildman–Crippen MR) is 37.0 cm³/mol. The van der Waals surface area contributed by atoms with Gasteiger partial charge in [-0.1, -0.05) is 0 Å². The van der Waals surface area contributed by atoms with Crippen molar-refractivity contribution in [3.8, 4) is 0 Å². The second kappa shape index (κ2) is 3.39. The molecule has 1 aromatic heterocycles. The van der Waals surface area contributed by atoms with Gasteiger partial charge in [0.2, 0.25) is 5.56 Å². The van der Waals surface area contributed by atoms with Crippen LogP contribution in [0.15, 0.2) is 17.1 Å². The fourth-order valence-electron chi connectivity index (χ4n) is 0.909. The third-order valence-corrected chi connectivity index (χ3v) is 1.50. The lowest BCUT2D eigenvalue weighted by molar-refractivity contribution is -0.139. The topological polar surface area (TPSA) is 32.9 Å². The average molecular weight is 213 g/mol. The number of pyridine rings is 1. The molecule has 0 saturated heterocycles. The Labute approximate surface area is 74.4 Å². The zero-order valence-electron chi connectivity index (χ0n) is 6.53.